The first-order valence-electron chi connectivity index (χ1n) is 15.5. The van der Waals surface area contributed by atoms with Gasteiger partial charge >= 0.3 is 6.03 Å². The van der Waals surface area contributed by atoms with Gasteiger partial charge < -0.3 is 15.0 Å². The summed E-state index contributed by atoms with van der Waals surface area (Å²) in [4.78, 5) is 15.3. The Kier molecular flexibility index (Phi) is 11.2. The Hall–Kier alpha value is -3.75. The van der Waals surface area contributed by atoms with Crippen molar-refractivity contribution in [3.05, 3.63) is 143 Å². The van der Waals surface area contributed by atoms with Crippen LogP contribution in [0, 0.1) is 17.5 Å². The van der Waals surface area contributed by atoms with E-state index < -0.39 is 22.2 Å². The molecule has 0 aliphatic carbocycles. The maximum absolute atomic E-state index is 14.3. The van der Waals surface area contributed by atoms with Gasteiger partial charge in [0.15, 0.2) is 11.6 Å². The maximum Gasteiger partial charge on any atom is 0.317 e. The summed E-state index contributed by atoms with van der Waals surface area (Å²) in [6.07, 6.45) is 3.61. The van der Waals surface area contributed by atoms with Crippen molar-refractivity contribution in [3.63, 3.8) is 0 Å². The van der Waals surface area contributed by atoms with Gasteiger partial charge in [0.1, 0.15) is 5.82 Å². The molecule has 0 spiro atoms. The zero-order chi connectivity index (χ0) is 31.6. The summed E-state index contributed by atoms with van der Waals surface area (Å²) in [6, 6.07) is 32.1. The summed E-state index contributed by atoms with van der Waals surface area (Å²) in [5.74, 6) is -3.23. The fourth-order valence-electron chi connectivity index (χ4n) is 5.99. The van der Waals surface area contributed by atoms with Crippen LogP contribution in [0.5, 0.6) is 0 Å². The average molecular weight is 633 g/mol. The monoisotopic (exact) mass is 632 g/mol. The molecule has 4 aromatic rings. The largest absolute Gasteiger partial charge is 0.375 e. The second kappa shape index (κ2) is 15.5. The first-order valence-corrected chi connectivity index (χ1v) is 16.4. The van der Waals surface area contributed by atoms with E-state index in [0.29, 0.717) is 25.6 Å². The molecule has 4 aromatic carbocycles. The van der Waals surface area contributed by atoms with Crippen LogP contribution in [0.15, 0.2) is 103 Å². The number of halogens is 3. The lowest BCUT2D eigenvalue weighted by molar-refractivity contribution is 0.0737. The number of hydrogen-bond acceptors (Lipinski definition) is 3. The van der Waals surface area contributed by atoms with Crippen LogP contribution in [0.25, 0.3) is 0 Å². The third-order valence-corrected chi connectivity index (χ3v) is 9.97. The zero-order valence-electron chi connectivity index (χ0n) is 25.4. The number of carbonyl (C=O) groups excluding carboxylic acids is 1. The van der Waals surface area contributed by atoms with E-state index in [0.717, 1.165) is 42.0 Å². The van der Waals surface area contributed by atoms with E-state index in [2.05, 4.69) is 85.0 Å². The van der Waals surface area contributed by atoms with Gasteiger partial charge in [-0.25, -0.2) is 18.0 Å². The minimum absolute atomic E-state index is 0.0283. The van der Waals surface area contributed by atoms with E-state index in [1.54, 1.807) is 0 Å². The fourth-order valence-corrected chi connectivity index (χ4v) is 7.86. The van der Waals surface area contributed by atoms with E-state index in [4.69, 9.17) is 4.74 Å². The van der Waals surface area contributed by atoms with Gasteiger partial charge in [0.25, 0.3) is 0 Å². The Morgan fingerprint density at radius 3 is 1.96 bits per heavy atom. The number of urea groups is 1. The number of amides is 2. The molecular weight excluding hydrogens is 593 g/mol. The number of carbonyl (C=O) groups is 1. The number of ether oxygens (including phenoxy) is 1. The van der Waals surface area contributed by atoms with E-state index in [9.17, 15) is 18.0 Å². The van der Waals surface area contributed by atoms with Crippen LogP contribution >= 0.6 is 11.8 Å². The van der Waals surface area contributed by atoms with Crippen LogP contribution in [-0.4, -0.2) is 41.9 Å². The van der Waals surface area contributed by atoms with Gasteiger partial charge in [-0.3, -0.25) is 0 Å². The van der Waals surface area contributed by atoms with E-state index in [-0.39, 0.29) is 36.1 Å². The molecule has 2 amide bonds. The number of nitrogens with zero attached hydrogens (tertiary/aromatic N) is 1. The molecule has 236 valence electrons. The summed E-state index contributed by atoms with van der Waals surface area (Å²) in [6.45, 7) is 3.09. The SMILES string of the molecule is CCCCCNC(=O)N1C[C@H](SC(c2ccccc2)(c2ccccc2)c2ccccc2)C[C@H]1COCc1cc(F)c(F)cc1F. The lowest BCUT2D eigenvalue weighted by Crippen LogP contribution is -2.45. The molecule has 45 heavy (non-hydrogen) atoms. The number of unbranched alkanes of at least 4 members (excludes halogenated alkanes) is 2. The molecule has 2 atom stereocenters. The molecule has 4 nitrogen and oxygen atoms in total. The molecule has 0 unspecified atom stereocenters. The predicted octanol–water partition coefficient (Wildman–Crippen LogP) is 8.69. The molecule has 0 aromatic heterocycles. The predicted molar refractivity (Wildman–Crippen MR) is 175 cm³/mol. The first-order chi connectivity index (χ1) is 21.9. The molecule has 1 aliphatic rings. The summed E-state index contributed by atoms with van der Waals surface area (Å²) in [5, 5.41) is 3.10. The number of thioether (sulfide) groups is 1. The summed E-state index contributed by atoms with van der Waals surface area (Å²) in [5.41, 5.74) is 3.34. The number of rotatable bonds is 13. The molecule has 1 aliphatic heterocycles. The Labute approximate surface area is 268 Å². The van der Waals surface area contributed by atoms with Crippen molar-refractivity contribution in [1.29, 1.82) is 0 Å². The maximum atomic E-state index is 14.3. The molecule has 0 radical (unpaired) electrons. The smallest absolute Gasteiger partial charge is 0.317 e. The first kappa shape index (κ1) is 32.6. The van der Waals surface area contributed by atoms with Gasteiger partial charge in [0.05, 0.1) is 24.0 Å². The molecule has 1 N–H and O–H groups in total. The number of hydrogen-bond donors (Lipinski definition) is 1. The van der Waals surface area contributed by atoms with Gasteiger partial charge in [0, 0.05) is 30.0 Å². The van der Waals surface area contributed by atoms with Crippen molar-refractivity contribution in [2.75, 3.05) is 19.7 Å². The Bertz CT molecular complexity index is 1430. The molecule has 5 rings (SSSR count). The summed E-state index contributed by atoms with van der Waals surface area (Å²) in [7, 11) is 0. The van der Waals surface area contributed by atoms with Gasteiger partial charge in [-0.1, -0.05) is 111 Å². The standard InChI is InChI=1S/C37H39F3N2O2S/c1-2-3-13-20-41-36(43)42-24-32(22-31(42)26-44-25-27-21-34(39)35(40)23-33(27)38)45-37(28-14-7-4-8-15-28,29-16-9-5-10-17-29)30-18-11-6-12-19-30/h4-12,14-19,21,23,31-32H,2-3,13,20,22,24-26H2,1H3,(H,41,43)/t31-,32+/m0/s1. The lowest BCUT2D eigenvalue weighted by atomic mass is 9.84. The van der Waals surface area contributed by atoms with Crippen LogP contribution < -0.4 is 5.32 Å². The molecule has 0 saturated carbocycles. The van der Waals surface area contributed by atoms with Crippen LogP contribution in [0.2, 0.25) is 0 Å². The third-order valence-electron chi connectivity index (χ3n) is 8.24. The van der Waals surface area contributed by atoms with Crippen molar-refractivity contribution in [2.45, 2.75) is 55.3 Å². The minimum atomic E-state index is -1.24. The fraction of sp³-hybridized carbons (Fsp3) is 0.324. The molecule has 0 bridgehead atoms. The molecule has 8 heteroatoms. The Morgan fingerprint density at radius 1 is 0.844 bits per heavy atom. The van der Waals surface area contributed by atoms with Crippen molar-refractivity contribution in [2.24, 2.45) is 0 Å². The quantitative estimate of drug-likeness (QED) is 0.0911. The zero-order valence-corrected chi connectivity index (χ0v) is 26.2. The van der Waals surface area contributed by atoms with Gasteiger partial charge in [-0.05, 0) is 35.6 Å². The second-order valence-corrected chi connectivity index (χ2v) is 12.9. The average Bonchev–Trinajstić information content (AvgIpc) is 3.48. The van der Waals surface area contributed by atoms with Crippen molar-refractivity contribution in [3.8, 4) is 0 Å². The third kappa shape index (κ3) is 7.74. The van der Waals surface area contributed by atoms with Gasteiger partial charge in [-0.2, -0.15) is 0 Å². The summed E-state index contributed by atoms with van der Waals surface area (Å²) >= 11 is 1.82. The Morgan fingerprint density at radius 2 is 1.40 bits per heavy atom. The van der Waals surface area contributed by atoms with Crippen molar-refractivity contribution in [1.82, 2.24) is 10.2 Å². The van der Waals surface area contributed by atoms with E-state index >= 15 is 0 Å². The molecular formula is C37H39F3N2O2S. The topological polar surface area (TPSA) is 41.6 Å². The van der Waals surface area contributed by atoms with Crippen molar-refractivity contribution >= 4 is 17.8 Å². The lowest BCUT2D eigenvalue weighted by Gasteiger charge is -2.37. The van der Waals surface area contributed by atoms with Crippen molar-refractivity contribution < 1.29 is 22.7 Å². The minimum Gasteiger partial charge on any atom is -0.375 e. The van der Waals surface area contributed by atoms with E-state index in [1.807, 2.05) is 34.9 Å². The van der Waals surface area contributed by atoms with Crippen LogP contribution in [0.1, 0.15) is 54.9 Å². The van der Waals surface area contributed by atoms with Gasteiger partial charge in [-0.15, -0.1) is 11.8 Å². The number of likely N-dealkylation sites (tertiary alicyclic amines) is 1. The van der Waals surface area contributed by atoms with Gasteiger partial charge in [0.2, 0.25) is 0 Å². The summed E-state index contributed by atoms with van der Waals surface area (Å²) < 4.78 is 46.9. The molecule has 1 saturated heterocycles. The highest BCUT2D eigenvalue weighted by Crippen LogP contribution is 2.52. The Balaban J connectivity index is 1.43. The normalized spacial score (nSPS) is 16.6. The number of benzene rings is 4. The van der Waals surface area contributed by atoms with Crippen LogP contribution in [0.4, 0.5) is 18.0 Å². The highest BCUT2D eigenvalue weighted by atomic mass is 32.2. The molecule has 1 heterocycles. The molecule has 1 fully saturated rings. The van der Waals surface area contributed by atoms with Crippen LogP contribution in [-0.2, 0) is 16.1 Å². The highest BCUT2D eigenvalue weighted by Gasteiger charge is 2.44. The highest BCUT2D eigenvalue weighted by molar-refractivity contribution is 8.01. The van der Waals surface area contributed by atoms with Crippen LogP contribution in [0.3, 0.4) is 0 Å². The van der Waals surface area contributed by atoms with E-state index in [1.165, 1.54) is 0 Å². The second-order valence-electron chi connectivity index (χ2n) is 11.4. The number of nitrogens with one attached hydrogen (secondary N) is 1.